The lowest BCUT2D eigenvalue weighted by molar-refractivity contribution is 0.0697. The fourth-order valence-corrected chi connectivity index (χ4v) is 3.15. The Hall–Kier alpha value is -1.81. The van der Waals surface area contributed by atoms with Gasteiger partial charge in [0, 0.05) is 6.54 Å². The molecule has 0 bridgehead atoms. The summed E-state index contributed by atoms with van der Waals surface area (Å²) in [6.45, 7) is 2.88. The van der Waals surface area contributed by atoms with Gasteiger partial charge in [-0.15, -0.1) is 0 Å². The summed E-state index contributed by atoms with van der Waals surface area (Å²) in [6, 6.07) is 8.08. The minimum Gasteiger partial charge on any atom is -0.493 e. The molecular weight excluding hydrogens is 252 g/mol. The SMILES string of the molecule is CCCn1ncc(OC)c1C1(O)CCc2ccccc21. The number of rotatable bonds is 4. The first-order valence-electron chi connectivity index (χ1n) is 7.11. The fraction of sp³-hybridized carbons (Fsp3) is 0.438. The van der Waals surface area contributed by atoms with Gasteiger partial charge >= 0.3 is 0 Å². The van der Waals surface area contributed by atoms with Crippen LogP contribution < -0.4 is 4.74 Å². The van der Waals surface area contributed by atoms with Crippen LogP contribution in [0.3, 0.4) is 0 Å². The van der Waals surface area contributed by atoms with Crippen LogP contribution in [0, 0.1) is 0 Å². The number of nitrogens with zero attached hydrogens (tertiary/aromatic N) is 2. The molecule has 4 heteroatoms. The lowest BCUT2D eigenvalue weighted by Gasteiger charge is -2.26. The van der Waals surface area contributed by atoms with E-state index in [0.29, 0.717) is 12.2 Å². The Morgan fingerprint density at radius 3 is 2.95 bits per heavy atom. The summed E-state index contributed by atoms with van der Waals surface area (Å²) in [4.78, 5) is 0. The topological polar surface area (TPSA) is 47.3 Å². The Kier molecular flexibility index (Phi) is 3.26. The van der Waals surface area contributed by atoms with Crippen molar-refractivity contribution >= 4 is 0 Å². The van der Waals surface area contributed by atoms with Crippen LogP contribution in [0.2, 0.25) is 0 Å². The molecule has 0 amide bonds. The number of benzene rings is 1. The highest BCUT2D eigenvalue weighted by atomic mass is 16.5. The Balaban J connectivity index is 2.15. The maximum atomic E-state index is 11.3. The number of hydrogen-bond acceptors (Lipinski definition) is 3. The van der Waals surface area contributed by atoms with E-state index in [1.54, 1.807) is 13.3 Å². The van der Waals surface area contributed by atoms with Gasteiger partial charge in [0.1, 0.15) is 11.3 Å². The molecule has 0 spiro atoms. The van der Waals surface area contributed by atoms with E-state index in [9.17, 15) is 5.11 Å². The van der Waals surface area contributed by atoms with E-state index < -0.39 is 5.60 Å². The van der Waals surface area contributed by atoms with Crippen LogP contribution >= 0.6 is 0 Å². The number of hydrogen-bond donors (Lipinski definition) is 1. The van der Waals surface area contributed by atoms with Crippen LogP contribution in [-0.2, 0) is 18.6 Å². The average molecular weight is 272 g/mol. The van der Waals surface area contributed by atoms with E-state index in [1.807, 2.05) is 22.9 Å². The van der Waals surface area contributed by atoms with Gasteiger partial charge < -0.3 is 9.84 Å². The van der Waals surface area contributed by atoms with Crippen molar-refractivity contribution in [3.05, 3.63) is 47.3 Å². The van der Waals surface area contributed by atoms with Crippen LogP contribution in [-0.4, -0.2) is 22.0 Å². The Bertz CT molecular complexity index is 621. The monoisotopic (exact) mass is 272 g/mol. The lowest BCUT2D eigenvalue weighted by Crippen LogP contribution is -2.28. The smallest absolute Gasteiger partial charge is 0.163 e. The first kappa shape index (κ1) is 13.2. The molecule has 1 N–H and O–H groups in total. The third-order valence-electron chi connectivity index (χ3n) is 4.07. The van der Waals surface area contributed by atoms with Crippen LogP contribution in [0.25, 0.3) is 0 Å². The summed E-state index contributed by atoms with van der Waals surface area (Å²) in [5.41, 5.74) is 1.98. The fourth-order valence-electron chi connectivity index (χ4n) is 3.15. The second-order valence-electron chi connectivity index (χ2n) is 5.30. The van der Waals surface area contributed by atoms with E-state index in [0.717, 1.165) is 30.6 Å². The summed E-state index contributed by atoms with van der Waals surface area (Å²) in [5.74, 6) is 0.664. The minimum atomic E-state index is -0.992. The number of ether oxygens (including phenoxy) is 1. The van der Waals surface area contributed by atoms with Crippen LogP contribution in [0.5, 0.6) is 5.75 Å². The number of aliphatic hydroxyl groups is 1. The molecule has 1 aromatic carbocycles. The second-order valence-corrected chi connectivity index (χ2v) is 5.30. The van der Waals surface area contributed by atoms with Crippen molar-refractivity contribution < 1.29 is 9.84 Å². The molecule has 1 unspecified atom stereocenters. The van der Waals surface area contributed by atoms with Gasteiger partial charge in [-0.2, -0.15) is 5.10 Å². The van der Waals surface area contributed by atoms with Crippen molar-refractivity contribution in [3.63, 3.8) is 0 Å². The Labute approximate surface area is 119 Å². The number of methoxy groups -OCH3 is 1. The second kappa shape index (κ2) is 4.94. The maximum Gasteiger partial charge on any atom is 0.163 e. The first-order valence-corrected chi connectivity index (χ1v) is 7.11. The van der Waals surface area contributed by atoms with E-state index in [4.69, 9.17) is 4.74 Å². The quantitative estimate of drug-likeness (QED) is 0.930. The molecule has 0 saturated carbocycles. The largest absolute Gasteiger partial charge is 0.493 e. The molecule has 106 valence electrons. The molecule has 3 rings (SSSR count). The van der Waals surface area contributed by atoms with Crippen molar-refractivity contribution in [3.8, 4) is 5.75 Å². The van der Waals surface area contributed by atoms with Gasteiger partial charge in [0.15, 0.2) is 5.75 Å². The lowest BCUT2D eigenvalue weighted by atomic mass is 9.91. The molecule has 1 heterocycles. The zero-order valence-electron chi connectivity index (χ0n) is 12.0. The van der Waals surface area contributed by atoms with E-state index in [1.165, 1.54) is 5.56 Å². The van der Waals surface area contributed by atoms with Gasteiger partial charge in [-0.3, -0.25) is 4.68 Å². The summed E-state index contributed by atoms with van der Waals surface area (Å²) < 4.78 is 7.30. The summed E-state index contributed by atoms with van der Waals surface area (Å²) in [7, 11) is 1.63. The highest BCUT2D eigenvalue weighted by molar-refractivity contribution is 5.47. The predicted octanol–water partition coefficient (Wildman–Crippen LogP) is 2.48. The van der Waals surface area contributed by atoms with Gasteiger partial charge in [0.05, 0.1) is 13.3 Å². The van der Waals surface area contributed by atoms with Crippen LogP contribution in [0.4, 0.5) is 0 Å². The highest BCUT2D eigenvalue weighted by Crippen LogP contribution is 2.45. The molecule has 1 aliphatic carbocycles. The first-order chi connectivity index (χ1) is 9.70. The van der Waals surface area contributed by atoms with Crippen molar-refractivity contribution in [2.24, 2.45) is 0 Å². The number of fused-ring (bicyclic) bond motifs is 1. The molecular formula is C16H20N2O2. The summed E-state index contributed by atoms with van der Waals surface area (Å²) in [5, 5.41) is 15.7. The standard InChI is InChI=1S/C16H20N2O2/c1-3-10-18-15(14(20-2)11-17-18)16(19)9-8-12-6-4-5-7-13(12)16/h4-7,11,19H,3,8-10H2,1-2H3. The number of aryl methyl sites for hydroxylation is 2. The van der Waals surface area contributed by atoms with Crippen molar-refractivity contribution in [2.45, 2.75) is 38.3 Å². The van der Waals surface area contributed by atoms with Crippen molar-refractivity contribution in [2.75, 3.05) is 7.11 Å². The summed E-state index contributed by atoms with van der Waals surface area (Å²) in [6.07, 6.45) is 4.23. The molecule has 0 fully saturated rings. The average Bonchev–Trinajstić information content (AvgIpc) is 3.03. The van der Waals surface area contributed by atoms with E-state index in [2.05, 4.69) is 18.1 Å². The maximum absolute atomic E-state index is 11.3. The predicted molar refractivity (Wildman–Crippen MR) is 76.8 cm³/mol. The normalized spacial score (nSPS) is 20.9. The van der Waals surface area contributed by atoms with Crippen LogP contribution in [0.15, 0.2) is 30.5 Å². The zero-order valence-corrected chi connectivity index (χ0v) is 12.0. The van der Waals surface area contributed by atoms with E-state index >= 15 is 0 Å². The summed E-state index contributed by atoms with van der Waals surface area (Å²) >= 11 is 0. The van der Waals surface area contributed by atoms with Crippen molar-refractivity contribution in [1.29, 1.82) is 0 Å². The highest BCUT2D eigenvalue weighted by Gasteiger charge is 2.43. The van der Waals surface area contributed by atoms with Gasteiger partial charge in [-0.1, -0.05) is 31.2 Å². The Morgan fingerprint density at radius 1 is 1.40 bits per heavy atom. The molecule has 20 heavy (non-hydrogen) atoms. The zero-order chi connectivity index (χ0) is 14.2. The van der Waals surface area contributed by atoms with Gasteiger partial charge in [-0.05, 0) is 30.4 Å². The van der Waals surface area contributed by atoms with Gasteiger partial charge in [0.25, 0.3) is 0 Å². The van der Waals surface area contributed by atoms with E-state index in [-0.39, 0.29) is 0 Å². The van der Waals surface area contributed by atoms with Crippen molar-refractivity contribution in [1.82, 2.24) is 9.78 Å². The van der Waals surface area contributed by atoms with Gasteiger partial charge in [0.2, 0.25) is 0 Å². The Morgan fingerprint density at radius 2 is 2.20 bits per heavy atom. The minimum absolute atomic E-state index is 0.664. The molecule has 0 radical (unpaired) electrons. The molecule has 1 aromatic heterocycles. The third-order valence-corrected chi connectivity index (χ3v) is 4.07. The molecule has 0 saturated heterocycles. The molecule has 4 nitrogen and oxygen atoms in total. The number of aromatic nitrogens is 2. The molecule has 1 atom stereocenters. The third kappa shape index (κ3) is 1.83. The van der Waals surface area contributed by atoms with Crippen LogP contribution in [0.1, 0.15) is 36.6 Å². The van der Waals surface area contributed by atoms with Gasteiger partial charge in [-0.25, -0.2) is 0 Å². The molecule has 2 aromatic rings. The molecule has 1 aliphatic rings. The molecule has 0 aliphatic heterocycles.